The molecular formula is C19H20Cl2N2O3S. The zero-order valence-electron chi connectivity index (χ0n) is 14.6. The second-order valence-electron chi connectivity index (χ2n) is 6.40. The van der Waals surface area contributed by atoms with Gasteiger partial charge in [0.1, 0.15) is 0 Å². The topological polar surface area (TPSA) is 66.5 Å². The van der Waals surface area contributed by atoms with Gasteiger partial charge in [-0.1, -0.05) is 29.3 Å². The Labute approximate surface area is 169 Å². The Bertz CT molecular complexity index is 930. The molecule has 0 aliphatic carbocycles. The molecule has 27 heavy (non-hydrogen) atoms. The van der Waals surface area contributed by atoms with E-state index in [0.29, 0.717) is 40.8 Å². The van der Waals surface area contributed by atoms with E-state index >= 15 is 0 Å². The van der Waals surface area contributed by atoms with Crippen molar-refractivity contribution in [2.45, 2.75) is 19.3 Å². The van der Waals surface area contributed by atoms with Gasteiger partial charge < -0.3 is 5.32 Å². The lowest BCUT2D eigenvalue weighted by Gasteiger charge is -2.17. The van der Waals surface area contributed by atoms with Crippen LogP contribution in [0.2, 0.25) is 10.0 Å². The van der Waals surface area contributed by atoms with Crippen molar-refractivity contribution in [1.29, 1.82) is 0 Å². The molecule has 1 amide bonds. The standard InChI is InChI=1S/C19H20Cl2N2O3S/c20-17-9-4-14(13-18(17)21)3-1-10-22-19(24)15-5-7-16(8-6-15)23-11-2-12-27(23,25)26/h4-9,13H,1-3,10-12H2,(H,22,24). The van der Waals surface area contributed by atoms with Gasteiger partial charge in [0.15, 0.2) is 0 Å². The van der Waals surface area contributed by atoms with Gasteiger partial charge in [-0.25, -0.2) is 8.42 Å². The molecule has 0 atom stereocenters. The number of carbonyl (C=O) groups excluding carboxylic acids is 1. The Hall–Kier alpha value is -1.76. The summed E-state index contributed by atoms with van der Waals surface area (Å²) in [5.74, 6) is -0.00591. The van der Waals surface area contributed by atoms with E-state index in [-0.39, 0.29) is 11.7 Å². The van der Waals surface area contributed by atoms with Crippen LogP contribution in [0.15, 0.2) is 42.5 Å². The number of nitrogens with one attached hydrogen (secondary N) is 1. The molecule has 1 N–H and O–H groups in total. The normalized spacial score (nSPS) is 15.7. The number of rotatable bonds is 6. The van der Waals surface area contributed by atoms with Crippen molar-refractivity contribution in [1.82, 2.24) is 5.32 Å². The van der Waals surface area contributed by atoms with Gasteiger partial charge in [0.05, 0.1) is 21.5 Å². The highest BCUT2D eigenvalue weighted by Gasteiger charge is 2.28. The maximum Gasteiger partial charge on any atom is 0.251 e. The molecule has 0 aromatic heterocycles. The molecule has 0 unspecified atom stereocenters. The molecule has 1 aliphatic rings. The molecule has 1 saturated heterocycles. The van der Waals surface area contributed by atoms with E-state index in [1.807, 2.05) is 12.1 Å². The highest BCUT2D eigenvalue weighted by atomic mass is 35.5. The van der Waals surface area contributed by atoms with E-state index < -0.39 is 10.0 Å². The van der Waals surface area contributed by atoms with E-state index in [1.54, 1.807) is 30.3 Å². The third-order valence-electron chi connectivity index (χ3n) is 4.43. The number of hydrogen-bond donors (Lipinski definition) is 1. The van der Waals surface area contributed by atoms with E-state index in [1.165, 1.54) is 4.31 Å². The lowest BCUT2D eigenvalue weighted by atomic mass is 10.1. The molecule has 2 aromatic carbocycles. The Kier molecular flexibility index (Phi) is 6.29. The van der Waals surface area contributed by atoms with Crippen LogP contribution >= 0.6 is 23.2 Å². The van der Waals surface area contributed by atoms with E-state index in [9.17, 15) is 13.2 Å². The van der Waals surface area contributed by atoms with E-state index in [2.05, 4.69) is 5.32 Å². The minimum atomic E-state index is -3.21. The van der Waals surface area contributed by atoms with Gasteiger partial charge in [0.2, 0.25) is 10.0 Å². The van der Waals surface area contributed by atoms with Crippen LogP contribution in [0, 0.1) is 0 Å². The van der Waals surface area contributed by atoms with Crippen molar-refractivity contribution in [3.05, 3.63) is 63.6 Å². The average Bonchev–Trinajstić information content (AvgIpc) is 3.00. The molecule has 0 saturated carbocycles. The number of carbonyl (C=O) groups is 1. The largest absolute Gasteiger partial charge is 0.352 e. The predicted molar refractivity (Wildman–Crippen MR) is 109 cm³/mol. The van der Waals surface area contributed by atoms with Crippen molar-refractivity contribution < 1.29 is 13.2 Å². The zero-order chi connectivity index (χ0) is 19.4. The van der Waals surface area contributed by atoms with Crippen LogP contribution in [-0.4, -0.2) is 33.2 Å². The minimum Gasteiger partial charge on any atom is -0.352 e. The summed E-state index contributed by atoms with van der Waals surface area (Å²) in [4.78, 5) is 12.2. The molecule has 2 aromatic rings. The molecule has 0 radical (unpaired) electrons. The molecular weight excluding hydrogens is 407 g/mol. The molecule has 3 rings (SSSR count). The van der Waals surface area contributed by atoms with Crippen molar-refractivity contribution in [2.75, 3.05) is 23.1 Å². The molecule has 8 heteroatoms. The van der Waals surface area contributed by atoms with Crippen LogP contribution in [0.25, 0.3) is 0 Å². The molecule has 0 spiro atoms. The monoisotopic (exact) mass is 426 g/mol. The van der Waals surface area contributed by atoms with Gasteiger partial charge in [-0.05, 0) is 61.2 Å². The summed E-state index contributed by atoms with van der Waals surface area (Å²) >= 11 is 11.9. The Balaban J connectivity index is 1.50. The maximum atomic E-state index is 12.2. The maximum absolute atomic E-state index is 12.2. The number of aryl methyl sites for hydroxylation is 1. The van der Waals surface area contributed by atoms with Crippen LogP contribution in [0.5, 0.6) is 0 Å². The smallest absolute Gasteiger partial charge is 0.251 e. The van der Waals surface area contributed by atoms with Crippen LogP contribution in [0.1, 0.15) is 28.8 Å². The van der Waals surface area contributed by atoms with Crippen LogP contribution in [-0.2, 0) is 16.4 Å². The van der Waals surface area contributed by atoms with Gasteiger partial charge in [0.25, 0.3) is 5.91 Å². The van der Waals surface area contributed by atoms with Crippen LogP contribution < -0.4 is 9.62 Å². The lowest BCUT2D eigenvalue weighted by Crippen LogP contribution is -2.26. The first-order valence-electron chi connectivity index (χ1n) is 8.69. The van der Waals surface area contributed by atoms with Gasteiger partial charge in [-0.2, -0.15) is 0 Å². The zero-order valence-corrected chi connectivity index (χ0v) is 16.9. The summed E-state index contributed by atoms with van der Waals surface area (Å²) in [5, 5.41) is 3.92. The first-order valence-corrected chi connectivity index (χ1v) is 11.1. The quantitative estimate of drug-likeness (QED) is 0.712. The molecule has 144 valence electrons. The highest BCUT2D eigenvalue weighted by Crippen LogP contribution is 2.24. The number of nitrogens with zero attached hydrogens (tertiary/aromatic N) is 1. The molecule has 1 heterocycles. The van der Waals surface area contributed by atoms with Gasteiger partial charge in [-0.15, -0.1) is 0 Å². The fraction of sp³-hybridized carbons (Fsp3) is 0.316. The number of amides is 1. The van der Waals surface area contributed by atoms with E-state index in [0.717, 1.165) is 18.4 Å². The Morgan fingerprint density at radius 1 is 1.07 bits per heavy atom. The van der Waals surface area contributed by atoms with E-state index in [4.69, 9.17) is 23.2 Å². The first kappa shape index (κ1) is 20.0. The summed E-state index contributed by atoms with van der Waals surface area (Å²) in [7, 11) is -3.21. The predicted octanol–water partition coefficient (Wildman–Crippen LogP) is 3.90. The van der Waals surface area contributed by atoms with Crippen molar-refractivity contribution in [2.24, 2.45) is 0 Å². The summed E-state index contributed by atoms with van der Waals surface area (Å²) < 4.78 is 25.3. The average molecular weight is 427 g/mol. The number of sulfonamides is 1. The lowest BCUT2D eigenvalue weighted by molar-refractivity contribution is 0.0953. The van der Waals surface area contributed by atoms with Gasteiger partial charge in [-0.3, -0.25) is 9.10 Å². The van der Waals surface area contributed by atoms with Gasteiger partial charge >= 0.3 is 0 Å². The van der Waals surface area contributed by atoms with Crippen molar-refractivity contribution >= 4 is 44.8 Å². The number of benzene rings is 2. The minimum absolute atomic E-state index is 0.175. The fourth-order valence-electron chi connectivity index (χ4n) is 3.00. The molecule has 1 fully saturated rings. The second-order valence-corrected chi connectivity index (χ2v) is 9.22. The summed E-state index contributed by atoms with van der Waals surface area (Å²) in [5.41, 5.74) is 2.17. The van der Waals surface area contributed by atoms with Crippen LogP contribution in [0.3, 0.4) is 0 Å². The third-order valence-corrected chi connectivity index (χ3v) is 7.04. The summed E-state index contributed by atoms with van der Waals surface area (Å²) in [6.07, 6.45) is 2.18. The third kappa shape index (κ3) is 4.94. The van der Waals surface area contributed by atoms with Crippen molar-refractivity contribution in [3.63, 3.8) is 0 Å². The van der Waals surface area contributed by atoms with Crippen molar-refractivity contribution in [3.8, 4) is 0 Å². The number of anilines is 1. The second kappa shape index (κ2) is 8.50. The Morgan fingerprint density at radius 3 is 2.44 bits per heavy atom. The molecule has 1 aliphatic heterocycles. The SMILES string of the molecule is O=C(NCCCc1ccc(Cl)c(Cl)c1)c1ccc(N2CCCS2(=O)=O)cc1. The van der Waals surface area contributed by atoms with Crippen LogP contribution in [0.4, 0.5) is 5.69 Å². The summed E-state index contributed by atoms with van der Waals surface area (Å²) in [6.45, 7) is 1.02. The van der Waals surface area contributed by atoms with Gasteiger partial charge in [0, 0.05) is 18.7 Å². The fourth-order valence-corrected chi connectivity index (χ4v) is 4.89. The number of hydrogen-bond acceptors (Lipinski definition) is 3. The first-order chi connectivity index (χ1) is 12.9. The molecule has 0 bridgehead atoms. The Morgan fingerprint density at radius 2 is 1.81 bits per heavy atom. The number of halogens is 2. The summed E-state index contributed by atoms with van der Waals surface area (Å²) in [6, 6.07) is 12.2. The molecule has 5 nitrogen and oxygen atoms in total. The highest BCUT2D eigenvalue weighted by molar-refractivity contribution is 7.93.